The Morgan fingerprint density at radius 1 is 1.07 bits per heavy atom. The van der Waals surface area contributed by atoms with Crippen LogP contribution in [0.2, 0.25) is 0 Å². The number of rotatable bonds is 4. The molecule has 2 heterocycles. The summed E-state index contributed by atoms with van der Waals surface area (Å²) in [6.07, 6.45) is 1.33. The Morgan fingerprint density at radius 2 is 1.89 bits per heavy atom. The van der Waals surface area contributed by atoms with Crippen molar-refractivity contribution in [1.29, 1.82) is 0 Å². The first-order valence-electron chi connectivity index (χ1n) is 8.09. The Labute approximate surface area is 156 Å². The van der Waals surface area contributed by atoms with E-state index in [9.17, 15) is 13.6 Å². The van der Waals surface area contributed by atoms with Crippen molar-refractivity contribution in [1.82, 2.24) is 19.9 Å². The number of methoxy groups -OCH3 is 1. The molecule has 0 N–H and O–H groups in total. The maximum absolute atomic E-state index is 13.5. The van der Waals surface area contributed by atoms with Gasteiger partial charge in [0.05, 0.1) is 18.4 Å². The fourth-order valence-corrected chi connectivity index (χ4v) is 2.59. The van der Waals surface area contributed by atoms with E-state index in [1.807, 2.05) is 0 Å². The molecule has 9 heteroatoms. The van der Waals surface area contributed by atoms with Crippen LogP contribution in [0.4, 0.5) is 8.78 Å². The SMILES string of the molecule is COc1ccccc1-c1noc(-c2nn(-c3ccc(F)c(F)c3)ccc2=O)n1. The predicted molar refractivity (Wildman–Crippen MR) is 95.0 cm³/mol. The molecule has 0 radical (unpaired) electrons. The maximum atomic E-state index is 13.5. The van der Waals surface area contributed by atoms with Gasteiger partial charge in [-0.3, -0.25) is 4.79 Å². The number of para-hydroxylation sites is 1. The van der Waals surface area contributed by atoms with Crippen LogP contribution in [0.1, 0.15) is 0 Å². The normalized spacial score (nSPS) is 10.8. The Morgan fingerprint density at radius 3 is 2.68 bits per heavy atom. The molecule has 0 saturated carbocycles. The van der Waals surface area contributed by atoms with Gasteiger partial charge >= 0.3 is 0 Å². The van der Waals surface area contributed by atoms with E-state index in [1.54, 1.807) is 24.3 Å². The van der Waals surface area contributed by atoms with Gasteiger partial charge in [-0.05, 0) is 24.3 Å². The van der Waals surface area contributed by atoms with Gasteiger partial charge in [0.1, 0.15) is 5.75 Å². The quantitative estimate of drug-likeness (QED) is 0.539. The number of nitrogens with zero attached hydrogens (tertiary/aromatic N) is 4. The van der Waals surface area contributed by atoms with Crippen molar-refractivity contribution in [2.45, 2.75) is 0 Å². The molecule has 2 aromatic carbocycles. The fraction of sp³-hybridized carbons (Fsp3) is 0.0526. The van der Waals surface area contributed by atoms with Gasteiger partial charge in [-0.15, -0.1) is 0 Å². The highest BCUT2D eigenvalue weighted by atomic mass is 19.2. The second-order valence-corrected chi connectivity index (χ2v) is 5.69. The molecular formula is C19H12F2N4O3. The third-order valence-electron chi connectivity index (χ3n) is 3.95. The molecule has 140 valence electrons. The standard InChI is InChI=1S/C19H12F2N4O3/c1-27-16-5-3-2-4-12(16)18-22-19(28-24-18)17-15(26)8-9-25(23-17)11-6-7-13(20)14(21)10-11/h2-10H,1H3. The third-order valence-corrected chi connectivity index (χ3v) is 3.95. The molecule has 0 aliphatic carbocycles. The zero-order valence-electron chi connectivity index (χ0n) is 14.5. The number of ether oxygens (including phenoxy) is 1. The van der Waals surface area contributed by atoms with E-state index in [4.69, 9.17) is 9.26 Å². The maximum Gasteiger partial charge on any atom is 0.282 e. The fourth-order valence-electron chi connectivity index (χ4n) is 2.59. The predicted octanol–water partition coefficient (Wildman–Crippen LogP) is 3.24. The second kappa shape index (κ2) is 7.03. The van der Waals surface area contributed by atoms with E-state index in [-0.39, 0.29) is 23.1 Å². The minimum atomic E-state index is -1.03. The van der Waals surface area contributed by atoms with Gasteiger partial charge in [-0.1, -0.05) is 17.3 Å². The molecule has 0 spiro atoms. The van der Waals surface area contributed by atoms with Crippen molar-refractivity contribution in [2.75, 3.05) is 7.11 Å². The molecule has 0 unspecified atom stereocenters. The molecular weight excluding hydrogens is 370 g/mol. The minimum Gasteiger partial charge on any atom is -0.496 e. The number of benzene rings is 2. The van der Waals surface area contributed by atoms with Crippen LogP contribution in [0.15, 0.2) is 64.0 Å². The molecule has 7 nitrogen and oxygen atoms in total. The molecule has 4 rings (SSSR count). The Bertz CT molecular complexity index is 1220. The van der Waals surface area contributed by atoms with Gasteiger partial charge in [0.25, 0.3) is 5.89 Å². The summed E-state index contributed by atoms with van der Waals surface area (Å²) in [6, 6.07) is 11.5. The van der Waals surface area contributed by atoms with E-state index in [1.165, 1.54) is 30.1 Å². The van der Waals surface area contributed by atoms with E-state index in [0.717, 1.165) is 12.1 Å². The van der Waals surface area contributed by atoms with Gasteiger partial charge < -0.3 is 9.26 Å². The van der Waals surface area contributed by atoms with E-state index in [0.29, 0.717) is 11.3 Å². The van der Waals surface area contributed by atoms with Gasteiger partial charge in [-0.2, -0.15) is 10.1 Å². The number of hydrogen-bond acceptors (Lipinski definition) is 6. The van der Waals surface area contributed by atoms with Crippen molar-refractivity contribution in [3.63, 3.8) is 0 Å². The minimum absolute atomic E-state index is 0.108. The van der Waals surface area contributed by atoms with Crippen LogP contribution in [0, 0.1) is 11.6 Å². The topological polar surface area (TPSA) is 83.0 Å². The van der Waals surface area contributed by atoms with Crippen LogP contribution in [-0.2, 0) is 0 Å². The smallest absolute Gasteiger partial charge is 0.282 e. The summed E-state index contributed by atoms with van der Waals surface area (Å²) in [5.74, 6) is -1.37. The lowest BCUT2D eigenvalue weighted by molar-refractivity contribution is 0.413. The van der Waals surface area contributed by atoms with E-state index >= 15 is 0 Å². The van der Waals surface area contributed by atoms with Crippen molar-refractivity contribution in [2.24, 2.45) is 0 Å². The van der Waals surface area contributed by atoms with Crippen LogP contribution in [0.25, 0.3) is 28.7 Å². The van der Waals surface area contributed by atoms with Crippen LogP contribution in [0.3, 0.4) is 0 Å². The van der Waals surface area contributed by atoms with Gasteiger partial charge in [0, 0.05) is 18.3 Å². The molecule has 0 aliphatic rings. The lowest BCUT2D eigenvalue weighted by Crippen LogP contribution is -2.13. The molecule has 0 aliphatic heterocycles. The largest absolute Gasteiger partial charge is 0.496 e. The van der Waals surface area contributed by atoms with E-state index < -0.39 is 17.1 Å². The third kappa shape index (κ3) is 3.13. The molecule has 0 saturated heterocycles. The van der Waals surface area contributed by atoms with Crippen LogP contribution < -0.4 is 10.2 Å². The highest BCUT2D eigenvalue weighted by Crippen LogP contribution is 2.28. The lowest BCUT2D eigenvalue weighted by atomic mass is 10.2. The van der Waals surface area contributed by atoms with Crippen molar-refractivity contribution >= 4 is 0 Å². The summed E-state index contributed by atoms with van der Waals surface area (Å²) >= 11 is 0. The number of halogens is 2. The molecule has 4 aromatic rings. The summed E-state index contributed by atoms with van der Waals surface area (Å²) in [4.78, 5) is 16.4. The molecule has 0 atom stereocenters. The van der Waals surface area contributed by atoms with E-state index in [2.05, 4.69) is 15.2 Å². The summed E-state index contributed by atoms with van der Waals surface area (Å²) in [7, 11) is 1.51. The first-order valence-corrected chi connectivity index (χ1v) is 8.09. The molecule has 0 bridgehead atoms. The van der Waals surface area contributed by atoms with Crippen LogP contribution in [-0.4, -0.2) is 27.0 Å². The van der Waals surface area contributed by atoms with Gasteiger partial charge in [-0.25, -0.2) is 13.5 Å². The zero-order chi connectivity index (χ0) is 19.7. The van der Waals surface area contributed by atoms with Crippen molar-refractivity contribution < 1.29 is 18.0 Å². The molecule has 0 amide bonds. The zero-order valence-corrected chi connectivity index (χ0v) is 14.5. The molecule has 2 aromatic heterocycles. The Balaban J connectivity index is 1.77. The summed E-state index contributed by atoms with van der Waals surface area (Å²) in [5, 5.41) is 8.00. The number of aromatic nitrogens is 4. The molecule has 0 fully saturated rings. The first kappa shape index (κ1) is 17.5. The van der Waals surface area contributed by atoms with Crippen molar-refractivity contribution in [3.05, 3.63) is 76.6 Å². The summed E-state index contributed by atoms with van der Waals surface area (Å²) in [6.45, 7) is 0. The van der Waals surface area contributed by atoms with Gasteiger partial charge in [0.2, 0.25) is 11.3 Å². The Hall–Kier alpha value is -3.88. The van der Waals surface area contributed by atoms with Gasteiger partial charge in [0.15, 0.2) is 17.3 Å². The highest BCUT2D eigenvalue weighted by molar-refractivity contribution is 5.65. The Kier molecular flexibility index (Phi) is 4.40. The number of hydrogen-bond donors (Lipinski definition) is 0. The first-order chi connectivity index (χ1) is 13.6. The molecule has 28 heavy (non-hydrogen) atoms. The highest BCUT2D eigenvalue weighted by Gasteiger charge is 2.18. The monoisotopic (exact) mass is 382 g/mol. The van der Waals surface area contributed by atoms with Crippen LogP contribution in [0.5, 0.6) is 5.75 Å². The second-order valence-electron chi connectivity index (χ2n) is 5.69. The average Bonchev–Trinajstić information content (AvgIpc) is 3.20. The average molecular weight is 382 g/mol. The summed E-state index contributed by atoms with van der Waals surface area (Å²) in [5.41, 5.74) is 0.219. The lowest BCUT2D eigenvalue weighted by Gasteiger charge is -2.06. The van der Waals surface area contributed by atoms with Crippen molar-refractivity contribution in [3.8, 4) is 34.4 Å². The summed E-state index contributed by atoms with van der Waals surface area (Å²) < 4.78 is 38.3. The van der Waals surface area contributed by atoms with Crippen LogP contribution >= 0.6 is 0 Å².